The molecule has 0 bridgehead atoms. The lowest BCUT2D eigenvalue weighted by Crippen LogP contribution is -2.45. The summed E-state index contributed by atoms with van der Waals surface area (Å²) in [7, 11) is 0. The van der Waals surface area contributed by atoms with Crippen molar-refractivity contribution >= 4 is 11.9 Å². The van der Waals surface area contributed by atoms with Gasteiger partial charge in [0.25, 0.3) is 0 Å². The molecule has 1 amide bonds. The summed E-state index contributed by atoms with van der Waals surface area (Å²) >= 11 is 0. The second kappa shape index (κ2) is 71.8. The predicted octanol–water partition coefficient (Wildman–Crippen LogP) is 24.5. The van der Waals surface area contributed by atoms with E-state index >= 15 is 0 Å². The summed E-state index contributed by atoms with van der Waals surface area (Å²) in [6.45, 7) is 4.96. The van der Waals surface area contributed by atoms with Gasteiger partial charge in [0.05, 0.1) is 25.4 Å². The van der Waals surface area contributed by atoms with Crippen molar-refractivity contribution in [3.8, 4) is 0 Å². The fraction of sp³-hybridized carbons (Fsp3) is 0.921. The van der Waals surface area contributed by atoms with E-state index in [9.17, 15) is 19.8 Å². The molecule has 0 aromatic heterocycles. The first-order valence-corrected chi connectivity index (χ1v) is 37.6. The molecule has 0 saturated carbocycles. The van der Waals surface area contributed by atoms with Gasteiger partial charge in [0, 0.05) is 12.8 Å². The van der Waals surface area contributed by atoms with Gasteiger partial charge in [-0.2, -0.15) is 0 Å². The zero-order valence-electron chi connectivity index (χ0n) is 55.8. The Balaban J connectivity index is 3.28. The van der Waals surface area contributed by atoms with Crippen molar-refractivity contribution < 1.29 is 24.5 Å². The molecule has 0 aromatic carbocycles. The number of carbonyl (C=O) groups excluding carboxylic acids is 2. The van der Waals surface area contributed by atoms with Crippen molar-refractivity contribution in [2.24, 2.45) is 0 Å². The van der Waals surface area contributed by atoms with Crippen molar-refractivity contribution in [1.82, 2.24) is 5.32 Å². The molecule has 6 nitrogen and oxygen atoms in total. The SMILES string of the molecule is CCCCC/C=C\C/C=C\CCCCCCCCCCCC(=O)OCCCCCCCCCCCCCCCCCCCCCCCCCCCCCCCCCCCCCC(=O)NC(CO)C(O)CCCCCCCCCCCCC. The van der Waals surface area contributed by atoms with E-state index < -0.39 is 12.1 Å². The van der Waals surface area contributed by atoms with E-state index in [1.165, 1.54) is 347 Å². The predicted molar refractivity (Wildman–Crippen MR) is 361 cm³/mol. The third-order valence-corrected chi connectivity index (χ3v) is 17.8. The molecule has 0 aliphatic rings. The topological polar surface area (TPSA) is 95.9 Å². The summed E-state index contributed by atoms with van der Waals surface area (Å²) in [5.41, 5.74) is 0. The molecule has 0 saturated heterocycles. The Morgan fingerprint density at radius 2 is 0.610 bits per heavy atom. The van der Waals surface area contributed by atoms with Crippen molar-refractivity contribution in [3.05, 3.63) is 24.3 Å². The van der Waals surface area contributed by atoms with Crippen LogP contribution in [0.25, 0.3) is 0 Å². The van der Waals surface area contributed by atoms with Crippen LogP contribution >= 0.6 is 0 Å². The molecular weight excluding hydrogens is 1010 g/mol. The van der Waals surface area contributed by atoms with Gasteiger partial charge in [0.1, 0.15) is 0 Å². The van der Waals surface area contributed by atoms with Gasteiger partial charge in [-0.1, -0.05) is 378 Å². The van der Waals surface area contributed by atoms with Gasteiger partial charge in [-0.25, -0.2) is 0 Å². The van der Waals surface area contributed by atoms with E-state index in [2.05, 4.69) is 43.5 Å². The highest BCUT2D eigenvalue weighted by Crippen LogP contribution is 2.20. The van der Waals surface area contributed by atoms with Crippen LogP contribution < -0.4 is 5.32 Å². The van der Waals surface area contributed by atoms with Gasteiger partial charge in [0.2, 0.25) is 5.91 Å². The fourth-order valence-electron chi connectivity index (χ4n) is 12.0. The van der Waals surface area contributed by atoms with Crippen molar-refractivity contribution in [2.75, 3.05) is 13.2 Å². The van der Waals surface area contributed by atoms with Crippen LogP contribution in [0.2, 0.25) is 0 Å². The highest BCUT2D eigenvalue weighted by molar-refractivity contribution is 5.76. The van der Waals surface area contributed by atoms with Crippen molar-refractivity contribution in [2.45, 2.75) is 437 Å². The van der Waals surface area contributed by atoms with Crippen LogP contribution in [0.3, 0.4) is 0 Å². The molecule has 486 valence electrons. The maximum absolute atomic E-state index is 12.5. The molecule has 82 heavy (non-hydrogen) atoms. The Kier molecular flexibility index (Phi) is 70.4. The van der Waals surface area contributed by atoms with E-state index in [-0.39, 0.29) is 18.5 Å². The highest BCUT2D eigenvalue weighted by Gasteiger charge is 2.20. The van der Waals surface area contributed by atoms with Gasteiger partial charge in [-0.3, -0.25) is 9.59 Å². The van der Waals surface area contributed by atoms with Crippen molar-refractivity contribution in [1.29, 1.82) is 0 Å². The van der Waals surface area contributed by atoms with E-state index in [4.69, 9.17) is 4.74 Å². The molecule has 0 rings (SSSR count). The van der Waals surface area contributed by atoms with Gasteiger partial charge in [0.15, 0.2) is 0 Å². The van der Waals surface area contributed by atoms with Crippen LogP contribution in [0.15, 0.2) is 24.3 Å². The lowest BCUT2D eigenvalue weighted by atomic mass is 10.0. The summed E-state index contributed by atoms with van der Waals surface area (Å²) in [6, 6.07) is -0.535. The average molecular weight is 1160 g/mol. The van der Waals surface area contributed by atoms with E-state index in [0.717, 1.165) is 44.9 Å². The Bertz CT molecular complexity index is 1280. The lowest BCUT2D eigenvalue weighted by Gasteiger charge is -2.22. The van der Waals surface area contributed by atoms with Gasteiger partial charge in [-0.05, 0) is 57.8 Å². The molecule has 0 radical (unpaired) electrons. The van der Waals surface area contributed by atoms with E-state index in [1.54, 1.807) is 0 Å². The molecule has 0 fully saturated rings. The maximum Gasteiger partial charge on any atom is 0.305 e. The molecule has 0 aliphatic carbocycles. The first-order valence-electron chi connectivity index (χ1n) is 37.6. The third-order valence-electron chi connectivity index (χ3n) is 17.8. The van der Waals surface area contributed by atoms with Crippen LogP contribution in [0, 0.1) is 0 Å². The normalized spacial score (nSPS) is 12.6. The molecule has 0 spiro atoms. The number of carbonyl (C=O) groups is 2. The average Bonchev–Trinajstić information content (AvgIpc) is 3.48. The Hall–Kier alpha value is -1.66. The summed E-state index contributed by atoms with van der Waals surface area (Å²) in [6.07, 6.45) is 91.2. The quantitative estimate of drug-likeness (QED) is 0.0320. The molecule has 2 atom stereocenters. The van der Waals surface area contributed by atoms with Crippen LogP contribution in [0.5, 0.6) is 0 Å². The molecule has 0 heterocycles. The minimum atomic E-state index is -0.658. The fourth-order valence-corrected chi connectivity index (χ4v) is 12.0. The van der Waals surface area contributed by atoms with Crippen LogP contribution in [-0.2, 0) is 14.3 Å². The number of rotatable bonds is 71. The molecule has 6 heteroatoms. The van der Waals surface area contributed by atoms with Gasteiger partial charge in [-0.15, -0.1) is 0 Å². The first kappa shape index (κ1) is 80.3. The Morgan fingerprint density at radius 1 is 0.341 bits per heavy atom. The van der Waals surface area contributed by atoms with Crippen molar-refractivity contribution in [3.63, 3.8) is 0 Å². The number of unbranched alkanes of at least 4 members (excludes halogenated alkanes) is 56. The lowest BCUT2D eigenvalue weighted by molar-refractivity contribution is -0.143. The summed E-state index contributed by atoms with van der Waals surface area (Å²) < 4.78 is 5.51. The minimum absolute atomic E-state index is 0.0195. The molecule has 0 aliphatic heterocycles. The highest BCUT2D eigenvalue weighted by atomic mass is 16.5. The zero-order valence-corrected chi connectivity index (χ0v) is 55.8. The number of amides is 1. The second-order valence-electron chi connectivity index (χ2n) is 26.0. The Morgan fingerprint density at radius 3 is 0.951 bits per heavy atom. The van der Waals surface area contributed by atoms with Crippen LogP contribution in [0.1, 0.15) is 425 Å². The number of allylic oxidation sites excluding steroid dienone is 4. The Labute approximate surface area is 513 Å². The summed E-state index contributed by atoms with van der Waals surface area (Å²) in [5, 5.41) is 23.2. The molecule has 0 aromatic rings. The maximum atomic E-state index is 12.5. The number of ether oxygens (including phenoxy) is 1. The van der Waals surface area contributed by atoms with E-state index in [1.807, 2.05) is 0 Å². The number of esters is 1. The van der Waals surface area contributed by atoms with Gasteiger partial charge >= 0.3 is 5.97 Å². The largest absolute Gasteiger partial charge is 0.466 e. The minimum Gasteiger partial charge on any atom is -0.466 e. The zero-order chi connectivity index (χ0) is 59.2. The number of aliphatic hydroxyl groups excluding tert-OH is 2. The molecular formula is C76H147NO5. The second-order valence-corrected chi connectivity index (χ2v) is 26.0. The van der Waals surface area contributed by atoms with Gasteiger partial charge < -0.3 is 20.3 Å². The van der Waals surface area contributed by atoms with Crippen LogP contribution in [0.4, 0.5) is 0 Å². The smallest absolute Gasteiger partial charge is 0.305 e. The third kappa shape index (κ3) is 67.5. The number of hydrogen-bond donors (Lipinski definition) is 3. The molecule has 3 N–H and O–H groups in total. The number of hydrogen-bond acceptors (Lipinski definition) is 5. The monoisotopic (exact) mass is 1150 g/mol. The first-order chi connectivity index (χ1) is 40.5. The number of aliphatic hydroxyl groups is 2. The molecule has 2 unspecified atom stereocenters. The summed E-state index contributed by atoms with van der Waals surface area (Å²) in [4.78, 5) is 24.6. The van der Waals surface area contributed by atoms with Crippen LogP contribution in [-0.4, -0.2) is 47.4 Å². The standard InChI is InChI=1S/C76H147NO5/c1-3-5-7-9-11-13-15-16-17-18-36-40-43-46-50-54-58-62-66-70-76(81)82-71-67-63-59-55-51-47-44-41-38-35-33-31-29-27-25-23-21-19-20-22-24-26-28-30-32-34-37-39-42-45-49-53-57-61-65-69-75(80)77-73(72-78)74(79)68-64-60-56-52-48-14-12-10-8-6-4-2/h11,13,16-17,73-74,78-79H,3-10,12,14-15,18-72H2,1-2H3,(H,77,80)/b13-11-,17-16-. The summed E-state index contributed by atoms with van der Waals surface area (Å²) in [5.74, 6) is -0.00888. The van der Waals surface area contributed by atoms with E-state index in [0.29, 0.717) is 25.9 Å². The number of nitrogens with one attached hydrogen (secondary N) is 1.